The summed E-state index contributed by atoms with van der Waals surface area (Å²) in [4.78, 5) is 28.0. The Morgan fingerprint density at radius 1 is 1.12 bits per heavy atom. The number of benzene rings is 1. The van der Waals surface area contributed by atoms with E-state index >= 15 is 0 Å². The highest BCUT2D eigenvalue weighted by atomic mass is 19.1. The highest BCUT2D eigenvalue weighted by Gasteiger charge is 2.37. The molecule has 0 radical (unpaired) electrons. The van der Waals surface area contributed by atoms with Crippen molar-refractivity contribution in [3.63, 3.8) is 0 Å². The first kappa shape index (κ1) is 16.7. The molecule has 0 atom stereocenters. The fourth-order valence-corrected chi connectivity index (χ4v) is 3.29. The van der Waals surface area contributed by atoms with Crippen LogP contribution in [0.2, 0.25) is 0 Å². The first-order valence-corrected chi connectivity index (χ1v) is 8.54. The van der Waals surface area contributed by atoms with E-state index in [1.54, 1.807) is 0 Å². The molecule has 128 valence electrons. The van der Waals surface area contributed by atoms with E-state index < -0.39 is 11.7 Å². The van der Waals surface area contributed by atoms with Crippen LogP contribution in [0, 0.1) is 5.92 Å². The third-order valence-electron chi connectivity index (χ3n) is 4.83. The van der Waals surface area contributed by atoms with Crippen molar-refractivity contribution < 1.29 is 14.0 Å². The van der Waals surface area contributed by atoms with Crippen molar-refractivity contribution >= 4 is 11.8 Å². The summed E-state index contributed by atoms with van der Waals surface area (Å²) in [5.41, 5.74) is 1.14. The predicted molar refractivity (Wildman–Crippen MR) is 89.6 cm³/mol. The van der Waals surface area contributed by atoms with Crippen LogP contribution in [-0.4, -0.2) is 40.7 Å². The number of carbonyl (C=O) groups is 2. The van der Waals surface area contributed by atoms with Crippen LogP contribution in [-0.2, 0) is 16.1 Å². The number of likely N-dealkylation sites (tertiary alicyclic amines) is 1. The Morgan fingerprint density at radius 3 is 2.29 bits per heavy atom. The second-order valence-electron chi connectivity index (χ2n) is 6.65. The van der Waals surface area contributed by atoms with Gasteiger partial charge in [-0.2, -0.15) is 0 Å². The van der Waals surface area contributed by atoms with E-state index in [1.165, 1.54) is 4.90 Å². The molecule has 1 heterocycles. The van der Waals surface area contributed by atoms with Crippen molar-refractivity contribution in [1.29, 1.82) is 0 Å². The second-order valence-corrected chi connectivity index (χ2v) is 6.65. The molecule has 1 aliphatic carbocycles. The molecule has 0 N–H and O–H groups in total. The maximum atomic E-state index is 13.0. The molecule has 1 aliphatic heterocycles. The molecule has 3 rings (SSSR count). The Morgan fingerprint density at radius 2 is 1.75 bits per heavy atom. The van der Waals surface area contributed by atoms with Gasteiger partial charge in [0, 0.05) is 31.6 Å². The molecule has 1 aromatic carbocycles. The van der Waals surface area contributed by atoms with Gasteiger partial charge < -0.3 is 9.80 Å². The molecule has 2 fully saturated rings. The summed E-state index contributed by atoms with van der Waals surface area (Å²) in [6.45, 7) is 4.54. The summed E-state index contributed by atoms with van der Waals surface area (Å²) in [5.74, 6) is -1.48. The van der Waals surface area contributed by atoms with Crippen molar-refractivity contribution in [2.75, 3.05) is 13.1 Å². The number of hydrogen-bond donors (Lipinski definition) is 0. The quantitative estimate of drug-likeness (QED) is 0.779. The van der Waals surface area contributed by atoms with Crippen LogP contribution in [0.15, 0.2) is 42.7 Å². The zero-order valence-corrected chi connectivity index (χ0v) is 13.8. The van der Waals surface area contributed by atoms with Gasteiger partial charge in [0.2, 0.25) is 5.91 Å². The molecule has 2 amide bonds. The normalized spacial score (nSPS) is 18.3. The van der Waals surface area contributed by atoms with E-state index in [1.807, 2.05) is 35.2 Å². The van der Waals surface area contributed by atoms with Gasteiger partial charge in [0.05, 0.1) is 0 Å². The van der Waals surface area contributed by atoms with Crippen LogP contribution >= 0.6 is 0 Å². The lowest BCUT2D eigenvalue weighted by atomic mass is 9.94. The topological polar surface area (TPSA) is 40.6 Å². The highest BCUT2D eigenvalue weighted by Crippen LogP contribution is 2.32. The van der Waals surface area contributed by atoms with Crippen molar-refractivity contribution in [1.82, 2.24) is 9.80 Å². The minimum Gasteiger partial charge on any atom is -0.337 e. The largest absolute Gasteiger partial charge is 0.337 e. The van der Waals surface area contributed by atoms with Gasteiger partial charge in [0.25, 0.3) is 5.91 Å². The van der Waals surface area contributed by atoms with Gasteiger partial charge in [-0.3, -0.25) is 9.59 Å². The molecule has 2 aliphatic rings. The third kappa shape index (κ3) is 3.83. The highest BCUT2D eigenvalue weighted by molar-refractivity contribution is 5.90. The SMILES string of the molecule is C=C(F)C(=O)N1CCC(C(=O)N(Cc2ccccc2)C2CC2)CC1. The molecule has 1 saturated heterocycles. The molecule has 5 heteroatoms. The van der Waals surface area contributed by atoms with E-state index in [0.29, 0.717) is 38.5 Å². The second kappa shape index (κ2) is 7.16. The van der Waals surface area contributed by atoms with Crippen molar-refractivity contribution in [3.05, 3.63) is 48.3 Å². The van der Waals surface area contributed by atoms with Crippen LogP contribution < -0.4 is 0 Å². The van der Waals surface area contributed by atoms with E-state index in [4.69, 9.17) is 0 Å². The van der Waals surface area contributed by atoms with Crippen LogP contribution in [0.1, 0.15) is 31.2 Å². The molecule has 4 nitrogen and oxygen atoms in total. The lowest BCUT2D eigenvalue weighted by Crippen LogP contribution is -2.45. The number of hydrogen-bond acceptors (Lipinski definition) is 2. The van der Waals surface area contributed by atoms with Gasteiger partial charge in [0.1, 0.15) is 0 Å². The Bertz CT molecular complexity index is 620. The summed E-state index contributed by atoms with van der Waals surface area (Å²) in [7, 11) is 0. The molecular formula is C19H23FN2O2. The van der Waals surface area contributed by atoms with Gasteiger partial charge in [-0.15, -0.1) is 0 Å². The summed E-state index contributed by atoms with van der Waals surface area (Å²) >= 11 is 0. The lowest BCUT2D eigenvalue weighted by Gasteiger charge is -2.34. The van der Waals surface area contributed by atoms with E-state index in [0.717, 1.165) is 18.4 Å². The number of carbonyl (C=O) groups excluding carboxylic acids is 2. The third-order valence-corrected chi connectivity index (χ3v) is 4.83. The van der Waals surface area contributed by atoms with Gasteiger partial charge in [-0.05, 0) is 31.2 Å². The average Bonchev–Trinajstić information content (AvgIpc) is 3.44. The Hall–Kier alpha value is -2.17. The molecule has 1 aromatic rings. The molecule has 0 spiro atoms. The van der Waals surface area contributed by atoms with Gasteiger partial charge in [-0.1, -0.05) is 36.9 Å². The molecule has 0 bridgehead atoms. The number of rotatable bonds is 5. The van der Waals surface area contributed by atoms with Crippen LogP contribution in [0.4, 0.5) is 4.39 Å². The van der Waals surface area contributed by atoms with E-state index in [2.05, 4.69) is 6.58 Å². The fraction of sp³-hybridized carbons (Fsp3) is 0.474. The molecule has 1 saturated carbocycles. The Kier molecular flexibility index (Phi) is 4.97. The number of amides is 2. The van der Waals surface area contributed by atoms with Crippen LogP contribution in [0.5, 0.6) is 0 Å². The first-order chi connectivity index (χ1) is 11.6. The van der Waals surface area contributed by atoms with E-state index in [-0.39, 0.29) is 11.8 Å². The maximum Gasteiger partial charge on any atom is 0.281 e. The zero-order chi connectivity index (χ0) is 17.1. The molecule has 0 unspecified atom stereocenters. The smallest absolute Gasteiger partial charge is 0.281 e. The number of nitrogens with zero attached hydrogens (tertiary/aromatic N) is 2. The van der Waals surface area contributed by atoms with Gasteiger partial charge in [0.15, 0.2) is 5.83 Å². The molecular weight excluding hydrogens is 307 g/mol. The van der Waals surface area contributed by atoms with Crippen molar-refractivity contribution in [3.8, 4) is 0 Å². The Balaban J connectivity index is 1.60. The van der Waals surface area contributed by atoms with Crippen LogP contribution in [0.25, 0.3) is 0 Å². The zero-order valence-electron chi connectivity index (χ0n) is 13.8. The predicted octanol–water partition coefficient (Wildman–Crippen LogP) is 2.90. The van der Waals surface area contributed by atoms with Crippen molar-refractivity contribution in [2.24, 2.45) is 5.92 Å². The fourth-order valence-electron chi connectivity index (χ4n) is 3.29. The van der Waals surface area contributed by atoms with Gasteiger partial charge in [-0.25, -0.2) is 4.39 Å². The number of halogens is 1. The van der Waals surface area contributed by atoms with E-state index in [9.17, 15) is 14.0 Å². The summed E-state index contributed by atoms with van der Waals surface area (Å²) in [6.07, 6.45) is 3.32. The van der Waals surface area contributed by atoms with Crippen LogP contribution in [0.3, 0.4) is 0 Å². The standard InChI is InChI=1S/C19H23FN2O2/c1-14(20)18(23)21-11-9-16(10-12-21)19(24)22(17-7-8-17)13-15-5-3-2-4-6-15/h2-6,16-17H,1,7-13H2. The monoisotopic (exact) mass is 330 g/mol. The average molecular weight is 330 g/mol. The minimum absolute atomic E-state index is 0.0776. The lowest BCUT2D eigenvalue weighted by molar-refractivity contribution is -0.141. The molecule has 0 aromatic heterocycles. The molecule has 24 heavy (non-hydrogen) atoms. The maximum absolute atomic E-state index is 13.0. The first-order valence-electron chi connectivity index (χ1n) is 8.54. The Labute approximate surface area is 141 Å². The summed E-state index contributed by atoms with van der Waals surface area (Å²) in [5, 5.41) is 0. The van der Waals surface area contributed by atoms with Crippen molar-refractivity contribution in [2.45, 2.75) is 38.3 Å². The summed E-state index contributed by atoms with van der Waals surface area (Å²) < 4.78 is 13.0. The minimum atomic E-state index is -0.927. The summed E-state index contributed by atoms with van der Waals surface area (Å²) in [6, 6.07) is 10.4. The van der Waals surface area contributed by atoms with Gasteiger partial charge >= 0.3 is 0 Å². The number of piperidine rings is 1.